The quantitative estimate of drug-likeness (QED) is 0.777. The van der Waals surface area contributed by atoms with Crippen molar-refractivity contribution in [2.24, 2.45) is 0 Å². The zero-order valence-corrected chi connectivity index (χ0v) is 13.3. The second-order valence-electron chi connectivity index (χ2n) is 5.74. The van der Waals surface area contributed by atoms with Gasteiger partial charge in [0, 0.05) is 24.6 Å². The molecule has 1 unspecified atom stereocenters. The predicted molar refractivity (Wildman–Crippen MR) is 84.8 cm³/mol. The second kappa shape index (κ2) is 6.15. The number of nitrogens with zero attached hydrogens (tertiary/aromatic N) is 3. The van der Waals surface area contributed by atoms with Gasteiger partial charge in [-0.3, -0.25) is 9.59 Å². The fourth-order valence-corrected chi connectivity index (χ4v) is 3.98. The molecular weight excluding hydrogens is 320 g/mol. The zero-order chi connectivity index (χ0) is 16.4. The molecule has 23 heavy (non-hydrogen) atoms. The van der Waals surface area contributed by atoms with Crippen molar-refractivity contribution in [2.75, 3.05) is 23.7 Å². The molecule has 2 aliphatic rings. The average molecular weight is 338 g/mol. The van der Waals surface area contributed by atoms with E-state index in [0.717, 1.165) is 41.7 Å². The van der Waals surface area contributed by atoms with Crippen molar-refractivity contribution in [3.05, 3.63) is 34.1 Å². The van der Waals surface area contributed by atoms with Gasteiger partial charge in [-0.25, -0.2) is 13.1 Å². The van der Waals surface area contributed by atoms with E-state index in [1.807, 2.05) is 0 Å². The van der Waals surface area contributed by atoms with Crippen LogP contribution in [-0.4, -0.2) is 49.0 Å². The molecule has 0 saturated carbocycles. The summed E-state index contributed by atoms with van der Waals surface area (Å²) in [6.07, 6.45) is 5.21. The van der Waals surface area contributed by atoms with Crippen molar-refractivity contribution in [1.29, 1.82) is 0 Å². The summed E-state index contributed by atoms with van der Waals surface area (Å²) in [5, 5.41) is 7.69. The van der Waals surface area contributed by atoms with Gasteiger partial charge >= 0.3 is 0 Å². The van der Waals surface area contributed by atoms with Crippen LogP contribution in [0.25, 0.3) is 0 Å². The molecule has 3 rings (SSSR count). The molecular formula is C14H18N4O4S. The molecule has 1 saturated heterocycles. The molecule has 1 atom stereocenters. The molecule has 124 valence electrons. The summed E-state index contributed by atoms with van der Waals surface area (Å²) in [4.78, 5) is 26.1. The molecule has 2 aliphatic heterocycles. The number of carbonyl (C=O) groups excluding carboxylic acids is 1. The van der Waals surface area contributed by atoms with Crippen LogP contribution in [0.2, 0.25) is 0 Å². The first-order valence-electron chi connectivity index (χ1n) is 7.45. The van der Waals surface area contributed by atoms with Gasteiger partial charge < -0.3 is 10.2 Å². The maximum Gasteiger partial charge on any atom is 0.269 e. The Bertz CT molecular complexity index is 793. The lowest BCUT2D eigenvalue weighted by atomic mass is 10.3. The Labute approximate surface area is 133 Å². The molecule has 9 heteroatoms. The third kappa shape index (κ3) is 3.79. The van der Waals surface area contributed by atoms with Gasteiger partial charge in [0.2, 0.25) is 5.91 Å². The molecule has 1 amide bonds. The molecule has 0 spiro atoms. The highest BCUT2D eigenvalue weighted by Gasteiger charge is 2.23. The Morgan fingerprint density at radius 2 is 2.09 bits per heavy atom. The minimum Gasteiger partial charge on any atom is -0.370 e. The molecule has 0 aliphatic carbocycles. The monoisotopic (exact) mass is 338 g/mol. The van der Waals surface area contributed by atoms with E-state index >= 15 is 0 Å². The SMILES string of the molecule is O=C(Cn1ncc(N2CCCC2)cc1=O)NC1C=CS(=O)(=O)C1. The van der Waals surface area contributed by atoms with Crippen molar-refractivity contribution in [2.45, 2.75) is 25.4 Å². The summed E-state index contributed by atoms with van der Waals surface area (Å²) < 4.78 is 23.6. The van der Waals surface area contributed by atoms with Crippen molar-refractivity contribution < 1.29 is 13.2 Å². The third-order valence-electron chi connectivity index (χ3n) is 3.90. The van der Waals surface area contributed by atoms with E-state index in [1.54, 1.807) is 6.20 Å². The highest BCUT2D eigenvalue weighted by atomic mass is 32.2. The third-order valence-corrected chi connectivity index (χ3v) is 5.29. The Kier molecular flexibility index (Phi) is 4.20. The van der Waals surface area contributed by atoms with E-state index in [2.05, 4.69) is 15.3 Å². The predicted octanol–water partition coefficient (Wildman–Crippen LogP) is -0.730. The second-order valence-corrected chi connectivity index (χ2v) is 7.67. The molecule has 1 aromatic rings. The molecule has 0 radical (unpaired) electrons. The lowest BCUT2D eigenvalue weighted by Crippen LogP contribution is -2.40. The first kappa shape index (κ1) is 15.7. The van der Waals surface area contributed by atoms with Gasteiger partial charge in [-0.05, 0) is 18.9 Å². The number of nitrogens with one attached hydrogen (secondary N) is 1. The molecule has 1 aromatic heterocycles. The lowest BCUT2D eigenvalue weighted by molar-refractivity contribution is -0.122. The normalized spacial score (nSPS) is 22.4. The van der Waals surface area contributed by atoms with Crippen LogP contribution in [0.1, 0.15) is 12.8 Å². The van der Waals surface area contributed by atoms with Crippen molar-refractivity contribution in [3.63, 3.8) is 0 Å². The number of amides is 1. The number of rotatable bonds is 4. The van der Waals surface area contributed by atoms with E-state index < -0.39 is 21.8 Å². The maximum atomic E-state index is 12.1. The molecule has 0 bridgehead atoms. The van der Waals surface area contributed by atoms with Crippen LogP contribution in [0.5, 0.6) is 0 Å². The molecule has 8 nitrogen and oxygen atoms in total. The van der Waals surface area contributed by atoms with Gasteiger partial charge in [-0.1, -0.05) is 0 Å². The Morgan fingerprint density at radius 3 is 2.70 bits per heavy atom. The van der Waals surface area contributed by atoms with Crippen LogP contribution in [0.15, 0.2) is 28.5 Å². The van der Waals surface area contributed by atoms with Crippen molar-refractivity contribution >= 4 is 21.4 Å². The van der Waals surface area contributed by atoms with Gasteiger partial charge in [0.25, 0.3) is 5.56 Å². The Hall–Kier alpha value is -2.16. The van der Waals surface area contributed by atoms with Crippen LogP contribution in [0, 0.1) is 0 Å². The molecule has 3 heterocycles. The summed E-state index contributed by atoms with van der Waals surface area (Å²) in [7, 11) is -3.22. The van der Waals surface area contributed by atoms with E-state index in [1.165, 1.54) is 12.1 Å². The highest BCUT2D eigenvalue weighted by molar-refractivity contribution is 7.94. The van der Waals surface area contributed by atoms with Crippen LogP contribution in [0.4, 0.5) is 5.69 Å². The average Bonchev–Trinajstić information content (AvgIpc) is 3.11. The van der Waals surface area contributed by atoms with E-state index in [9.17, 15) is 18.0 Å². The largest absolute Gasteiger partial charge is 0.370 e. The van der Waals surface area contributed by atoms with Gasteiger partial charge in [-0.2, -0.15) is 5.10 Å². The number of anilines is 1. The summed E-state index contributed by atoms with van der Waals surface area (Å²) >= 11 is 0. The fourth-order valence-electron chi connectivity index (χ4n) is 2.75. The van der Waals surface area contributed by atoms with E-state index in [0.29, 0.717) is 0 Å². The summed E-state index contributed by atoms with van der Waals surface area (Å²) in [5.41, 5.74) is 0.424. The Morgan fingerprint density at radius 1 is 1.35 bits per heavy atom. The lowest BCUT2D eigenvalue weighted by Gasteiger charge is -2.17. The van der Waals surface area contributed by atoms with Gasteiger partial charge in [0.15, 0.2) is 9.84 Å². The molecule has 1 fully saturated rings. The van der Waals surface area contributed by atoms with Crippen LogP contribution >= 0.6 is 0 Å². The summed E-state index contributed by atoms with van der Waals surface area (Å²) in [5.74, 6) is -0.588. The van der Waals surface area contributed by atoms with Gasteiger partial charge in [0.05, 0.1) is 23.7 Å². The molecule has 1 N–H and O–H groups in total. The standard InChI is InChI=1S/C14H18N4O4S/c19-13(16-11-3-6-23(21,22)10-11)9-18-14(20)7-12(8-15-18)17-4-1-2-5-17/h3,6-8,11H,1-2,4-5,9-10H2,(H,16,19). The summed E-state index contributed by atoms with van der Waals surface area (Å²) in [6, 6.07) is 0.929. The van der Waals surface area contributed by atoms with E-state index in [4.69, 9.17) is 0 Å². The number of carbonyl (C=O) groups is 1. The first-order chi connectivity index (χ1) is 10.9. The minimum atomic E-state index is -3.22. The Balaban J connectivity index is 1.62. The van der Waals surface area contributed by atoms with Crippen LogP contribution in [-0.2, 0) is 21.2 Å². The van der Waals surface area contributed by atoms with Crippen LogP contribution in [0.3, 0.4) is 0 Å². The topological polar surface area (TPSA) is 101 Å². The number of hydrogen-bond donors (Lipinski definition) is 1. The number of sulfone groups is 1. The first-order valence-corrected chi connectivity index (χ1v) is 9.17. The summed E-state index contributed by atoms with van der Waals surface area (Å²) in [6.45, 7) is 1.59. The molecule has 0 aromatic carbocycles. The number of aromatic nitrogens is 2. The van der Waals surface area contributed by atoms with Crippen LogP contribution < -0.4 is 15.8 Å². The zero-order valence-electron chi connectivity index (χ0n) is 12.5. The maximum absolute atomic E-state index is 12.1. The van der Waals surface area contributed by atoms with Gasteiger partial charge in [0.1, 0.15) is 6.54 Å². The minimum absolute atomic E-state index is 0.144. The fraction of sp³-hybridized carbons (Fsp3) is 0.500. The number of hydrogen-bond acceptors (Lipinski definition) is 6. The smallest absolute Gasteiger partial charge is 0.269 e. The van der Waals surface area contributed by atoms with E-state index in [-0.39, 0.29) is 17.9 Å². The van der Waals surface area contributed by atoms with Crippen molar-refractivity contribution in [3.8, 4) is 0 Å². The van der Waals surface area contributed by atoms with Gasteiger partial charge in [-0.15, -0.1) is 0 Å². The highest BCUT2D eigenvalue weighted by Crippen LogP contribution is 2.16. The van der Waals surface area contributed by atoms with Crippen molar-refractivity contribution in [1.82, 2.24) is 15.1 Å².